The fourth-order valence-corrected chi connectivity index (χ4v) is 0. The minimum atomic E-state index is -2.68. The topological polar surface area (TPSA) is 20.2 Å². The second-order valence-electron chi connectivity index (χ2n) is 0.502. The van der Waals surface area contributed by atoms with Crippen LogP contribution in [-0.4, -0.2) is 22.5 Å². The van der Waals surface area contributed by atoms with Crippen LogP contribution in [0.15, 0.2) is 0 Å². The number of hydrogen-bond acceptors (Lipinski definition) is 1. The van der Waals surface area contributed by atoms with E-state index in [2.05, 4.69) is 10.4 Å². The predicted molar refractivity (Wildman–Crippen MR) is 24.1 cm³/mol. The fourth-order valence-electron chi connectivity index (χ4n) is 0. The van der Waals surface area contributed by atoms with Crippen LogP contribution < -0.4 is 0 Å². The third kappa shape index (κ3) is 4.61. The molecule has 1 unspecified atom stereocenters. The number of hydrogen-bond donors (Lipinski definition) is 1. The molecule has 0 spiro atoms. The van der Waals surface area contributed by atoms with E-state index in [-0.39, 0.29) is 0 Å². The van der Waals surface area contributed by atoms with E-state index in [0.29, 0.717) is 0 Å². The van der Waals surface area contributed by atoms with Gasteiger partial charge in [-0.1, -0.05) is 0 Å². The van der Waals surface area contributed by atoms with Gasteiger partial charge in [0.1, 0.15) is 0 Å². The molecule has 3 heteroatoms. The summed E-state index contributed by atoms with van der Waals surface area (Å²) in [5.74, 6) is 0. The minimum absolute atomic E-state index is 2.06. The summed E-state index contributed by atoms with van der Waals surface area (Å²) in [5.41, 5.74) is 0. The van der Waals surface area contributed by atoms with Crippen molar-refractivity contribution >= 4 is 28.0 Å². The summed E-state index contributed by atoms with van der Waals surface area (Å²) in [6.45, 7) is 0. The van der Waals surface area contributed by atoms with Crippen molar-refractivity contribution in [3.63, 3.8) is 0 Å². The van der Waals surface area contributed by atoms with Gasteiger partial charge in [0, 0.05) is 0 Å². The molecular weight excluding hydrogens is 194 g/mol. The maximum absolute atomic E-state index is 8.10. The van der Waals surface area contributed by atoms with Crippen molar-refractivity contribution in [3.8, 4) is 10.4 Å². The van der Waals surface area contributed by atoms with Gasteiger partial charge in [-0.3, -0.25) is 0 Å². The van der Waals surface area contributed by atoms with Crippen molar-refractivity contribution in [1.29, 1.82) is 0 Å². The third-order valence-electron chi connectivity index (χ3n) is 0.138. The van der Waals surface area contributed by atoms with E-state index >= 15 is 0 Å². The van der Waals surface area contributed by atoms with Gasteiger partial charge in [-0.05, 0) is 0 Å². The van der Waals surface area contributed by atoms with Crippen LogP contribution in [-0.2, 0) is 0 Å². The van der Waals surface area contributed by atoms with Crippen molar-refractivity contribution in [3.05, 3.63) is 0 Å². The molecule has 0 amide bonds. The van der Waals surface area contributed by atoms with E-state index in [4.69, 9.17) is 12.4 Å². The molecule has 0 aromatic rings. The predicted octanol–water partition coefficient (Wildman–Crippen LogP) is -0.390. The molecule has 1 atom stereocenters. The second kappa shape index (κ2) is 2.83. The summed E-state index contributed by atoms with van der Waals surface area (Å²) in [6.07, 6.45) is 4.63. The van der Waals surface area contributed by atoms with Crippen LogP contribution in [0.3, 0.4) is 0 Å². The Hall–Kier alpha value is 0.609. The van der Waals surface area contributed by atoms with Crippen LogP contribution in [0.25, 0.3) is 0 Å². The molecule has 0 fully saturated rings. The Morgan fingerprint density at radius 1 is 2.00 bits per heavy atom. The normalized spacial score (nSPS) is 13.0. The van der Waals surface area contributed by atoms with Crippen LogP contribution in [0.5, 0.6) is 0 Å². The Morgan fingerprint density at radius 3 is 2.20 bits per heavy atom. The van der Waals surface area contributed by atoms with Gasteiger partial charge in [-0.2, -0.15) is 0 Å². The molecule has 0 aromatic heterocycles. The molecule has 5 heavy (non-hydrogen) atoms. The molecule has 0 rings (SSSR count). The average molecular weight is 197 g/mol. The van der Waals surface area contributed by atoms with Crippen LogP contribution in [0.1, 0.15) is 0 Å². The van der Waals surface area contributed by atoms with E-state index in [1.807, 2.05) is 0 Å². The van der Waals surface area contributed by atoms with Gasteiger partial charge in [0.2, 0.25) is 0 Å². The Labute approximate surface area is 41.9 Å². The first-order valence-corrected chi connectivity index (χ1v) is 8.35. The summed E-state index contributed by atoms with van der Waals surface area (Å²) in [4.78, 5) is 0. The molecule has 0 radical (unpaired) electrons. The Bertz CT molecular complexity index is 55.2. The van der Waals surface area contributed by atoms with Gasteiger partial charge in [-0.25, -0.2) is 0 Å². The molecule has 0 bridgehead atoms. The molecule has 1 N–H and O–H groups in total. The third-order valence-corrected chi connectivity index (χ3v) is 1.77. The fraction of sp³-hybridized carbons (Fsp3) is 0. The SMILES string of the molecule is C#[C][SnH]([OH])[Cl]. The molecule has 0 saturated heterocycles. The molecule has 0 heterocycles. The standard InChI is InChI=1S/C2H.ClH.H2O.Sn.H/c1-2;;;;/h1H;1H;1H2;;/q;;;+2;/p-2. The van der Waals surface area contributed by atoms with Gasteiger partial charge >= 0.3 is 41.8 Å². The molecular formula is C2H3ClOSn. The van der Waals surface area contributed by atoms with Crippen LogP contribution >= 0.6 is 8.92 Å². The Morgan fingerprint density at radius 2 is 2.20 bits per heavy atom. The summed E-state index contributed by atoms with van der Waals surface area (Å²) < 4.78 is 10.2. The zero-order valence-corrected chi connectivity index (χ0v) is 6.53. The van der Waals surface area contributed by atoms with Crippen molar-refractivity contribution in [2.45, 2.75) is 0 Å². The monoisotopic (exact) mass is 198 g/mol. The van der Waals surface area contributed by atoms with Crippen molar-refractivity contribution in [1.82, 2.24) is 0 Å². The maximum atomic E-state index is 8.10. The van der Waals surface area contributed by atoms with Gasteiger partial charge in [0.05, 0.1) is 0 Å². The summed E-state index contributed by atoms with van der Waals surface area (Å²) in [6, 6.07) is 0. The first-order chi connectivity index (χ1) is 2.27. The van der Waals surface area contributed by atoms with Gasteiger partial charge in [0.25, 0.3) is 0 Å². The number of halogens is 1. The zero-order chi connectivity index (χ0) is 4.28. The van der Waals surface area contributed by atoms with Crippen molar-refractivity contribution in [2.24, 2.45) is 0 Å². The molecule has 28 valence electrons. The Balaban J connectivity index is 2.94. The van der Waals surface area contributed by atoms with E-state index in [9.17, 15) is 0 Å². The summed E-state index contributed by atoms with van der Waals surface area (Å²) >= 11 is -2.68. The van der Waals surface area contributed by atoms with Crippen LogP contribution in [0, 0.1) is 10.4 Å². The first-order valence-electron chi connectivity index (χ1n) is 1.05. The number of terminal acetylenes is 1. The van der Waals surface area contributed by atoms with Gasteiger partial charge in [-0.15, -0.1) is 0 Å². The quantitative estimate of drug-likeness (QED) is 0.414. The van der Waals surface area contributed by atoms with Gasteiger partial charge < -0.3 is 0 Å². The average Bonchev–Trinajstić information content (AvgIpc) is 1.38. The van der Waals surface area contributed by atoms with Crippen molar-refractivity contribution in [2.75, 3.05) is 0 Å². The summed E-state index contributed by atoms with van der Waals surface area (Å²) in [5, 5.41) is 0. The van der Waals surface area contributed by atoms with E-state index in [1.165, 1.54) is 0 Å². The summed E-state index contributed by atoms with van der Waals surface area (Å²) in [7, 11) is 4.99. The molecule has 0 saturated carbocycles. The first kappa shape index (κ1) is 5.61. The van der Waals surface area contributed by atoms with Gasteiger partial charge in [0.15, 0.2) is 0 Å². The molecule has 0 aliphatic carbocycles. The second-order valence-corrected chi connectivity index (χ2v) is 6.14. The van der Waals surface area contributed by atoms with Crippen LogP contribution in [0.4, 0.5) is 0 Å². The zero-order valence-electron chi connectivity index (χ0n) is 2.48. The van der Waals surface area contributed by atoms with E-state index in [0.717, 1.165) is 0 Å². The van der Waals surface area contributed by atoms with E-state index < -0.39 is 19.0 Å². The molecule has 0 aliphatic heterocycles. The number of rotatable bonds is 0. The van der Waals surface area contributed by atoms with Crippen LogP contribution in [0.2, 0.25) is 0 Å². The molecule has 1 nitrogen and oxygen atoms in total. The van der Waals surface area contributed by atoms with Crippen molar-refractivity contribution < 1.29 is 3.44 Å². The Kier molecular flexibility index (Phi) is 3.17. The molecule has 0 aliphatic rings. The van der Waals surface area contributed by atoms with E-state index in [1.54, 1.807) is 0 Å². The molecule has 0 aromatic carbocycles.